The van der Waals surface area contributed by atoms with Crippen LogP contribution in [-0.2, 0) is 9.59 Å². The molecule has 2 heterocycles. The summed E-state index contributed by atoms with van der Waals surface area (Å²) < 4.78 is 0. The number of fused-ring (bicyclic) bond motifs is 1. The summed E-state index contributed by atoms with van der Waals surface area (Å²) in [5, 5.41) is 12.8. The Bertz CT molecular complexity index is 949. The molecular formula is C19H18N4O2S. The van der Waals surface area contributed by atoms with Crippen LogP contribution in [0.2, 0.25) is 0 Å². The Hall–Kier alpha value is -2.85. The fraction of sp³-hybridized carbons (Fsp3) is 0.263. The van der Waals surface area contributed by atoms with Gasteiger partial charge in [0.25, 0.3) is 0 Å². The predicted molar refractivity (Wildman–Crippen MR) is 101 cm³/mol. The second-order valence-corrected chi connectivity index (χ2v) is 7.04. The van der Waals surface area contributed by atoms with Crippen molar-refractivity contribution >= 4 is 35.0 Å². The van der Waals surface area contributed by atoms with Gasteiger partial charge in [0.1, 0.15) is 17.6 Å². The number of aryl methyl sites for hydroxylation is 1. The van der Waals surface area contributed by atoms with Gasteiger partial charge in [-0.2, -0.15) is 5.26 Å². The summed E-state index contributed by atoms with van der Waals surface area (Å²) in [4.78, 5) is 30.5. The largest absolute Gasteiger partial charge is 0.323 e. The second kappa shape index (κ2) is 7.18. The van der Waals surface area contributed by atoms with Crippen LogP contribution in [0, 0.1) is 32.1 Å². The Morgan fingerprint density at radius 3 is 2.77 bits per heavy atom. The van der Waals surface area contributed by atoms with Gasteiger partial charge < -0.3 is 10.2 Å². The Kier molecular flexibility index (Phi) is 4.96. The molecule has 132 valence electrons. The quantitative estimate of drug-likeness (QED) is 0.844. The Labute approximate surface area is 156 Å². The molecule has 1 aromatic heterocycles. The highest BCUT2D eigenvalue weighted by atomic mass is 32.2. The monoisotopic (exact) mass is 366 g/mol. The molecule has 2 aromatic rings. The molecule has 0 spiro atoms. The van der Waals surface area contributed by atoms with Gasteiger partial charge in [-0.15, -0.1) is 0 Å². The third-order valence-electron chi connectivity index (χ3n) is 4.48. The number of amides is 2. The van der Waals surface area contributed by atoms with Crippen LogP contribution in [0.25, 0.3) is 0 Å². The summed E-state index contributed by atoms with van der Waals surface area (Å²) in [5.41, 5.74) is 4.53. The van der Waals surface area contributed by atoms with Gasteiger partial charge in [-0.05, 0) is 44.0 Å². The van der Waals surface area contributed by atoms with Gasteiger partial charge in [0.05, 0.1) is 22.7 Å². The van der Waals surface area contributed by atoms with Crippen LogP contribution in [0.1, 0.15) is 22.4 Å². The molecule has 0 saturated carbocycles. The molecule has 26 heavy (non-hydrogen) atoms. The number of aromatic nitrogens is 1. The number of nitrogens with zero attached hydrogens (tertiary/aromatic N) is 3. The van der Waals surface area contributed by atoms with Gasteiger partial charge in [-0.1, -0.05) is 23.9 Å². The molecule has 0 bridgehead atoms. The molecule has 2 amide bonds. The molecule has 0 unspecified atom stereocenters. The minimum absolute atomic E-state index is 0.0130. The first-order valence-electron chi connectivity index (χ1n) is 8.12. The molecule has 1 N–H and O–H groups in total. The van der Waals surface area contributed by atoms with E-state index in [1.54, 1.807) is 12.1 Å². The average Bonchev–Trinajstić information content (AvgIpc) is 2.63. The zero-order valence-corrected chi connectivity index (χ0v) is 15.6. The topological polar surface area (TPSA) is 86.1 Å². The van der Waals surface area contributed by atoms with Crippen molar-refractivity contribution in [2.24, 2.45) is 0 Å². The lowest BCUT2D eigenvalue weighted by molar-refractivity contribution is -0.120. The predicted octanol–water partition coefficient (Wildman–Crippen LogP) is 2.96. The number of nitrogens with one attached hydrogen (secondary N) is 1. The normalized spacial score (nSPS) is 13.0. The molecule has 1 aromatic carbocycles. The van der Waals surface area contributed by atoms with Gasteiger partial charge >= 0.3 is 0 Å². The summed E-state index contributed by atoms with van der Waals surface area (Å²) >= 11 is 1.23. The first-order valence-corrected chi connectivity index (χ1v) is 9.11. The maximum atomic E-state index is 12.7. The smallest absolute Gasteiger partial charge is 0.244 e. The van der Waals surface area contributed by atoms with E-state index in [4.69, 9.17) is 0 Å². The number of carbonyl (C=O) groups is 2. The SMILES string of the molecule is Cc1nc(SCC(=O)N2CC(=O)Nc3ccccc32)c(C#N)c(C)c1C. The number of hydrogen-bond acceptors (Lipinski definition) is 5. The fourth-order valence-electron chi connectivity index (χ4n) is 2.81. The van der Waals surface area contributed by atoms with Gasteiger partial charge in [0.15, 0.2) is 0 Å². The van der Waals surface area contributed by atoms with Crippen molar-refractivity contribution in [1.29, 1.82) is 5.26 Å². The zero-order chi connectivity index (χ0) is 18.8. The number of benzene rings is 1. The van der Waals surface area contributed by atoms with Crippen molar-refractivity contribution in [1.82, 2.24) is 4.98 Å². The summed E-state index contributed by atoms with van der Waals surface area (Å²) in [5.74, 6) is -0.315. The van der Waals surface area contributed by atoms with E-state index in [0.29, 0.717) is 22.0 Å². The van der Waals surface area contributed by atoms with Crippen molar-refractivity contribution in [3.8, 4) is 6.07 Å². The summed E-state index contributed by atoms with van der Waals surface area (Å²) in [7, 11) is 0. The van der Waals surface area contributed by atoms with Crippen molar-refractivity contribution in [3.63, 3.8) is 0 Å². The van der Waals surface area contributed by atoms with Crippen LogP contribution in [-0.4, -0.2) is 29.1 Å². The third-order valence-corrected chi connectivity index (χ3v) is 5.44. The number of rotatable bonds is 3. The first-order chi connectivity index (χ1) is 12.4. The van der Waals surface area contributed by atoms with Crippen molar-refractivity contribution in [2.75, 3.05) is 22.5 Å². The highest BCUT2D eigenvalue weighted by Crippen LogP contribution is 2.31. The van der Waals surface area contributed by atoms with Crippen molar-refractivity contribution < 1.29 is 9.59 Å². The highest BCUT2D eigenvalue weighted by Gasteiger charge is 2.27. The van der Waals surface area contributed by atoms with E-state index in [-0.39, 0.29) is 24.1 Å². The fourth-order valence-corrected chi connectivity index (χ4v) is 3.77. The molecular weight excluding hydrogens is 348 g/mol. The van der Waals surface area contributed by atoms with E-state index in [1.165, 1.54) is 16.7 Å². The van der Waals surface area contributed by atoms with E-state index in [0.717, 1.165) is 16.8 Å². The molecule has 0 atom stereocenters. The number of anilines is 2. The number of para-hydroxylation sites is 2. The van der Waals surface area contributed by atoms with Gasteiger partial charge in [-0.3, -0.25) is 9.59 Å². The zero-order valence-electron chi connectivity index (χ0n) is 14.8. The summed E-state index contributed by atoms with van der Waals surface area (Å²) in [6.45, 7) is 5.70. The standard InChI is InChI=1S/C19H18N4O2S/c1-11-12(2)14(8-20)19(21-13(11)3)26-10-18(25)23-9-17(24)22-15-6-4-5-7-16(15)23/h4-7H,9-10H2,1-3H3,(H,22,24). The molecule has 0 fully saturated rings. The average molecular weight is 366 g/mol. The Morgan fingerprint density at radius 1 is 1.31 bits per heavy atom. The number of hydrogen-bond donors (Lipinski definition) is 1. The van der Waals surface area contributed by atoms with Crippen LogP contribution in [0.5, 0.6) is 0 Å². The molecule has 1 aliphatic rings. The lowest BCUT2D eigenvalue weighted by Gasteiger charge is -2.29. The molecule has 7 heteroatoms. The molecule has 1 aliphatic heterocycles. The third kappa shape index (κ3) is 3.28. The van der Waals surface area contributed by atoms with E-state index in [9.17, 15) is 14.9 Å². The van der Waals surface area contributed by atoms with Crippen LogP contribution in [0.4, 0.5) is 11.4 Å². The first kappa shape index (κ1) is 18.0. The molecule has 0 radical (unpaired) electrons. The molecule has 3 rings (SSSR count). The minimum atomic E-state index is -0.222. The molecule has 0 saturated heterocycles. The second-order valence-electron chi connectivity index (χ2n) is 6.07. The van der Waals surface area contributed by atoms with E-state index >= 15 is 0 Å². The lowest BCUT2D eigenvalue weighted by Crippen LogP contribution is -2.43. The van der Waals surface area contributed by atoms with Gasteiger partial charge in [0, 0.05) is 5.69 Å². The van der Waals surface area contributed by atoms with E-state index in [2.05, 4.69) is 16.4 Å². The van der Waals surface area contributed by atoms with Crippen molar-refractivity contribution in [3.05, 3.63) is 46.6 Å². The van der Waals surface area contributed by atoms with E-state index in [1.807, 2.05) is 32.9 Å². The van der Waals surface area contributed by atoms with Gasteiger partial charge in [0.2, 0.25) is 11.8 Å². The van der Waals surface area contributed by atoms with Crippen LogP contribution in [0.15, 0.2) is 29.3 Å². The maximum Gasteiger partial charge on any atom is 0.244 e. The summed E-state index contributed by atoms with van der Waals surface area (Å²) in [6, 6.07) is 9.39. The Balaban J connectivity index is 1.83. The highest BCUT2D eigenvalue weighted by molar-refractivity contribution is 8.00. The van der Waals surface area contributed by atoms with Crippen LogP contribution < -0.4 is 10.2 Å². The van der Waals surface area contributed by atoms with Gasteiger partial charge in [-0.25, -0.2) is 4.98 Å². The lowest BCUT2D eigenvalue weighted by atomic mass is 10.1. The van der Waals surface area contributed by atoms with Crippen molar-refractivity contribution in [2.45, 2.75) is 25.8 Å². The molecule has 0 aliphatic carbocycles. The van der Waals surface area contributed by atoms with Crippen LogP contribution in [0.3, 0.4) is 0 Å². The number of nitriles is 1. The maximum absolute atomic E-state index is 12.7. The molecule has 6 nitrogen and oxygen atoms in total. The number of pyridine rings is 1. The van der Waals surface area contributed by atoms with Crippen LogP contribution >= 0.6 is 11.8 Å². The Morgan fingerprint density at radius 2 is 2.04 bits per heavy atom. The number of carbonyl (C=O) groups excluding carboxylic acids is 2. The minimum Gasteiger partial charge on any atom is -0.323 e. The van der Waals surface area contributed by atoms with E-state index < -0.39 is 0 Å². The number of thioether (sulfide) groups is 1. The summed E-state index contributed by atoms with van der Waals surface area (Å²) in [6.07, 6.45) is 0.